The number of rotatable bonds is 3. The molecule has 0 radical (unpaired) electrons. The molecule has 1 aliphatic rings. The summed E-state index contributed by atoms with van der Waals surface area (Å²) in [5.74, 6) is -0.256. The van der Waals surface area contributed by atoms with E-state index in [9.17, 15) is 16.8 Å². The van der Waals surface area contributed by atoms with Crippen LogP contribution in [0.15, 0.2) is 17.0 Å². The number of hydrogen-bond acceptors (Lipinski definition) is 5. The second kappa shape index (κ2) is 5.12. The van der Waals surface area contributed by atoms with Gasteiger partial charge in [-0.25, -0.2) is 21.6 Å². The SMILES string of the molecule is Cc1cc(Cl)c(S(=O)(=O)NC2(C)CCS(=O)(=O)C2)cc1N. The summed E-state index contributed by atoms with van der Waals surface area (Å²) in [4.78, 5) is -0.141. The van der Waals surface area contributed by atoms with E-state index >= 15 is 0 Å². The molecule has 1 fully saturated rings. The van der Waals surface area contributed by atoms with Gasteiger partial charge in [-0.2, -0.15) is 0 Å². The molecule has 1 atom stereocenters. The van der Waals surface area contributed by atoms with Gasteiger partial charge in [-0.3, -0.25) is 0 Å². The lowest BCUT2D eigenvalue weighted by Crippen LogP contribution is -2.46. The number of halogens is 1. The maximum absolute atomic E-state index is 12.4. The topological polar surface area (TPSA) is 106 Å². The number of anilines is 1. The molecule has 6 nitrogen and oxygen atoms in total. The Kier molecular flexibility index (Phi) is 4.03. The molecule has 0 aromatic heterocycles. The molecule has 21 heavy (non-hydrogen) atoms. The first-order valence-corrected chi connectivity index (χ1v) is 9.92. The van der Waals surface area contributed by atoms with E-state index in [4.69, 9.17) is 17.3 Å². The molecule has 1 heterocycles. The molecule has 1 unspecified atom stereocenters. The van der Waals surface area contributed by atoms with Gasteiger partial charge in [0.15, 0.2) is 9.84 Å². The summed E-state index contributed by atoms with van der Waals surface area (Å²) in [6.45, 7) is 3.29. The Morgan fingerprint density at radius 1 is 1.38 bits per heavy atom. The van der Waals surface area contributed by atoms with Gasteiger partial charge in [-0.05, 0) is 38.0 Å². The fourth-order valence-electron chi connectivity index (χ4n) is 2.34. The molecule has 1 aromatic rings. The molecule has 0 spiro atoms. The van der Waals surface area contributed by atoms with Crippen molar-refractivity contribution >= 4 is 37.1 Å². The number of nitrogen functional groups attached to an aromatic ring is 1. The normalized spacial score (nSPS) is 25.1. The first-order valence-electron chi connectivity index (χ1n) is 6.24. The van der Waals surface area contributed by atoms with E-state index in [0.29, 0.717) is 11.3 Å². The number of benzene rings is 1. The summed E-state index contributed by atoms with van der Waals surface area (Å²) in [7, 11) is -7.17. The van der Waals surface area contributed by atoms with Gasteiger partial charge in [0.2, 0.25) is 10.0 Å². The summed E-state index contributed by atoms with van der Waals surface area (Å²) in [6.07, 6.45) is 0.230. The van der Waals surface area contributed by atoms with Crippen LogP contribution in [0.25, 0.3) is 0 Å². The molecule has 2 rings (SSSR count). The average molecular weight is 353 g/mol. The Balaban J connectivity index is 2.38. The minimum absolute atomic E-state index is 0.0320. The van der Waals surface area contributed by atoms with Gasteiger partial charge >= 0.3 is 0 Å². The van der Waals surface area contributed by atoms with Crippen LogP contribution in [0.4, 0.5) is 5.69 Å². The van der Waals surface area contributed by atoms with Crippen molar-refractivity contribution < 1.29 is 16.8 Å². The Morgan fingerprint density at radius 2 is 2.00 bits per heavy atom. The summed E-state index contributed by atoms with van der Waals surface area (Å²) in [5.41, 5.74) is 5.68. The van der Waals surface area contributed by atoms with Crippen molar-refractivity contribution in [3.05, 3.63) is 22.7 Å². The highest BCUT2D eigenvalue weighted by Gasteiger charge is 2.41. The van der Waals surface area contributed by atoms with Gasteiger partial charge in [0.25, 0.3) is 0 Å². The molecule has 1 saturated heterocycles. The van der Waals surface area contributed by atoms with Gasteiger partial charge in [0, 0.05) is 11.2 Å². The third kappa shape index (κ3) is 3.50. The number of nitrogens with two attached hydrogens (primary N) is 1. The molecule has 3 N–H and O–H groups in total. The first-order chi connectivity index (χ1) is 9.44. The standard InChI is InChI=1S/C12H17ClN2O4S2/c1-8-5-9(13)11(6-10(8)14)21(18,19)15-12(2)3-4-20(16,17)7-12/h5-6,15H,3-4,7,14H2,1-2H3. The molecule has 9 heteroatoms. The summed E-state index contributed by atoms with van der Waals surface area (Å²) >= 11 is 5.98. The minimum Gasteiger partial charge on any atom is -0.398 e. The lowest BCUT2D eigenvalue weighted by molar-refractivity contribution is 0.462. The third-order valence-electron chi connectivity index (χ3n) is 3.49. The van der Waals surface area contributed by atoms with Crippen LogP contribution in [0.3, 0.4) is 0 Å². The van der Waals surface area contributed by atoms with E-state index in [1.54, 1.807) is 13.8 Å². The lowest BCUT2D eigenvalue weighted by Gasteiger charge is -2.24. The average Bonchev–Trinajstić information content (AvgIpc) is 2.56. The zero-order valence-corrected chi connectivity index (χ0v) is 14.1. The van der Waals surface area contributed by atoms with E-state index in [-0.39, 0.29) is 27.8 Å². The fourth-order valence-corrected chi connectivity index (χ4v) is 6.58. The van der Waals surface area contributed by atoms with Crippen molar-refractivity contribution in [3.63, 3.8) is 0 Å². The number of hydrogen-bond donors (Lipinski definition) is 2. The third-order valence-corrected chi connectivity index (χ3v) is 7.50. The van der Waals surface area contributed by atoms with Gasteiger partial charge in [0.1, 0.15) is 4.90 Å². The number of sulfone groups is 1. The molecular formula is C12H17ClN2O4S2. The highest BCUT2D eigenvalue weighted by Crippen LogP contribution is 2.30. The van der Waals surface area contributed by atoms with Crippen LogP contribution in [-0.2, 0) is 19.9 Å². The van der Waals surface area contributed by atoms with Gasteiger partial charge < -0.3 is 5.73 Å². The predicted octanol–water partition coefficient (Wildman–Crippen LogP) is 1.09. The van der Waals surface area contributed by atoms with E-state index in [1.807, 2.05) is 0 Å². The summed E-state index contributed by atoms with van der Waals surface area (Å²) < 4.78 is 50.4. The zero-order chi connectivity index (χ0) is 16.1. The maximum Gasteiger partial charge on any atom is 0.242 e. The van der Waals surface area contributed by atoms with Crippen molar-refractivity contribution in [3.8, 4) is 0 Å². The van der Waals surface area contributed by atoms with Crippen molar-refractivity contribution in [2.75, 3.05) is 17.2 Å². The Labute approximate surface area is 129 Å². The fraction of sp³-hybridized carbons (Fsp3) is 0.500. The van der Waals surface area contributed by atoms with E-state index < -0.39 is 25.4 Å². The zero-order valence-electron chi connectivity index (χ0n) is 11.7. The van der Waals surface area contributed by atoms with Crippen molar-refractivity contribution in [2.24, 2.45) is 0 Å². The van der Waals surface area contributed by atoms with Crippen LogP contribution in [0.2, 0.25) is 5.02 Å². The molecule has 0 saturated carbocycles. The number of sulfonamides is 1. The smallest absolute Gasteiger partial charge is 0.242 e. The van der Waals surface area contributed by atoms with Crippen molar-refractivity contribution in [1.82, 2.24) is 4.72 Å². The van der Waals surface area contributed by atoms with E-state index in [1.165, 1.54) is 12.1 Å². The van der Waals surface area contributed by atoms with Crippen LogP contribution in [0.1, 0.15) is 18.9 Å². The molecular weight excluding hydrogens is 336 g/mol. The molecule has 0 aliphatic carbocycles. The molecule has 1 aliphatic heterocycles. The molecule has 118 valence electrons. The van der Waals surface area contributed by atoms with Crippen LogP contribution in [0, 0.1) is 6.92 Å². The number of nitrogens with one attached hydrogen (secondary N) is 1. The lowest BCUT2D eigenvalue weighted by atomic mass is 10.0. The van der Waals surface area contributed by atoms with Gasteiger partial charge in [-0.1, -0.05) is 11.6 Å². The minimum atomic E-state index is -3.95. The highest BCUT2D eigenvalue weighted by atomic mass is 35.5. The Bertz CT molecular complexity index is 790. The van der Waals surface area contributed by atoms with E-state index in [2.05, 4.69) is 4.72 Å². The van der Waals surface area contributed by atoms with Crippen molar-refractivity contribution in [2.45, 2.75) is 30.7 Å². The van der Waals surface area contributed by atoms with Crippen LogP contribution in [-0.4, -0.2) is 33.9 Å². The molecule has 0 bridgehead atoms. The second-order valence-electron chi connectivity index (χ2n) is 5.65. The maximum atomic E-state index is 12.4. The molecule has 1 aromatic carbocycles. The monoisotopic (exact) mass is 352 g/mol. The van der Waals surface area contributed by atoms with Gasteiger partial charge in [0.05, 0.1) is 16.5 Å². The Morgan fingerprint density at radius 3 is 2.52 bits per heavy atom. The van der Waals surface area contributed by atoms with Crippen molar-refractivity contribution in [1.29, 1.82) is 0 Å². The molecule has 0 amide bonds. The van der Waals surface area contributed by atoms with Crippen LogP contribution in [0.5, 0.6) is 0 Å². The Hall–Kier alpha value is -0.830. The second-order valence-corrected chi connectivity index (χ2v) is 9.89. The predicted molar refractivity (Wildman–Crippen MR) is 82.6 cm³/mol. The van der Waals surface area contributed by atoms with Crippen LogP contribution < -0.4 is 10.5 Å². The largest absolute Gasteiger partial charge is 0.398 e. The van der Waals surface area contributed by atoms with Gasteiger partial charge in [-0.15, -0.1) is 0 Å². The quantitative estimate of drug-likeness (QED) is 0.792. The number of aryl methyl sites for hydroxylation is 1. The highest BCUT2D eigenvalue weighted by molar-refractivity contribution is 7.92. The summed E-state index contributed by atoms with van der Waals surface area (Å²) in [6, 6.07) is 2.76. The van der Waals surface area contributed by atoms with E-state index in [0.717, 1.165) is 0 Å². The summed E-state index contributed by atoms with van der Waals surface area (Å²) in [5, 5.41) is 0.0543. The first kappa shape index (κ1) is 16.5. The van der Waals surface area contributed by atoms with Crippen LogP contribution >= 0.6 is 11.6 Å².